The van der Waals surface area contributed by atoms with Gasteiger partial charge in [0.25, 0.3) is 0 Å². The quantitative estimate of drug-likeness (QED) is 0.660. The Bertz CT molecular complexity index is 972. The molecule has 0 spiro atoms. The molecule has 1 aliphatic heterocycles. The molecule has 144 valence electrons. The van der Waals surface area contributed by atoms with Gasteiger partial charge in [-0.05, 0) is 51.1 Å². The zero-order chi connectivity index (χ0) is 19.5. The molecular weight excluding hydrogens is 350 g/mol. The Hall–Kier alpha value is -2.92. The van der Waals surface area contributed by atoms with Crippen molar-refractivity contribution in [3.05, 3.63) is 66.4 Å². The number of benzene rings is 2. The number of hydrogen-bond donors (Lipinski definition) is 2. The van der Waals surface area contributed by atoms with E-state index >= 15 is 0 Å². The highest BCUT2D eigenvalue weighted by atomic mass is 16.2. The molecule has 2 heterocycles. The molecule has 28 heavy (non-hydrogen) atoms. The van der Waals surface area contributed by atoms with E-state index in [1.165, 1.54) is 0 Å². The molecule has 1 aliphatic rings. The molecule has 0 aliphatic carbocycles. The molecule has 1 atom stereocenters. The Morgan fingerprint density at radius 3 is 2.46 bits per heavy atom. The van der Waals surface area contributed by atoms with Crippen LogP contribution >= 0.6 is 0 Å². The van der Waals surface area contributed by atoms with Gasteiger partial charge in [0, 0.05) is 34.3 Å². The van der Waals surface area contributed by atoms with Gasteiger partial charge in [0.2, 0.25) is 5.91 Å². The summed E-state index contributed by atoms with van der Waals surface area (Å²) in [7, 11) is 0. The number of para-hydroxylation sites is 2. The number of aromatic amines is 1. The number of Topliss-reactive ketones (excluding diaryl/α,β-unsaturated/α-hetero) is 1. The van der Waals surface area contributed by atoms with Crippen molar-refractivity contribution >= 4 is 28.3 Å². The van der Waals surface area contributed by atoms with Gasteiger partial charge in [-0.25, -0.2) is 0 Å². The zero-order valence-electron chi connectivity index (χ0n) is 16.0. The number of nitrogens with one attached hydrogen (secondary N) is 2. The largest absolute Gasteiger partial charge is 0.360 e. The van der Waals surface area contributed by atoms with Crippen LogP contribution in [0.25, 0.3) is 10.9 Å². The predicted molar refractivity (Wildman–Crippen MR) is 111 cm³/mol. The Balaban J connectivity index is 1.36. The third-order valence-electron chi connectivity index (χ3n) is 5.72. The number of likely N-dealkylation sites (tertiary alicyclic amines) is 1. The third kappa shape index (κ3) is 3.71. The lowest BCUT2D eigenvalue weighted by atomic mass is 9.93. The number of H-pyrrole nitrogens is 1. The lowest BCUT2D eigenvalue weighted by molar-refractivity contribution is -0.121. The highest BCUT2D eigenvalue weighted by Gasteiger charge is 2.30. The summed E-state index contributed by atoms with van der Waals surface area (Å²) in [6.45, 7) is 3.47. The zero-order valence-corrected chi connectivity index (χ0v) is 16.0. The number of carbonyl (C=O) groups excluding carboxylic acids is 2. The van der Waals surface area contributed by atoms with Crippen molar-refractivity contribution in [2.24, 2.45) is 5.92 Å². The van der Waals surface area contributed by atoms with E-state index in [9.17, 15) is 9.59 Å². The van der Waals surface area contributed by atoms with Gasteiger partial charge < -0.3 is 10.3 Å². The Kier molecular flexibility index (Phi) is 5.26. The smallest absolute Gasteiger partial charge is 0.227 e. The highest BCUT2D eigenvalue weighted by molar-refractivity contribution is 6.10. The number of rotatable bonds is 5. The first kappa shape index (κ1) is 18.4. The number of carbonyl (C=O) groups is 2. The Labute approximate surface area is 164 Å². The minimum atomic E-state index is -0.197. The van der Waals surface area contributed by atoms with Crippen LogP contribution in [0.3, 0.4) is 0 Å². The van der Waals surface area contributed by atoms with Crippen LogP contribution in [-0.4, -0.2) is 40.7 Å². The number of fused-ring (bicyclic) bond motifs is 1. The molecule has 0 saturated carbocycles. The molecular formula is C23H25N3O2. The summed E-state index contributed by atoms with van der Waals surface area (Å²) in [6, 6.07) is 17.2. The average Bonchev–Trinajstić information content (AvgIpc) is 3.17. The van der Waals surface area contributed by atoms with Crippen molar-refractivity contribution in [3.8, 4) is 0 Å². The van der Waals surface area contributed by atoms with Crippen LogP contribution in [0.5, 0.6) is 0 Å². The number of nitrogens with zero attached hydrogens (tertiary/aromatic N) is 1. The first-order valence-corrected chi connectivity index (χ1v) is 9.84. The Morgan fingerprint density at radius 1 is 1.04 bits per heavy atom. The molecule has 1 amide bonds. The highest BCUT2D eigenvalue weighted by Crippen LogP contribution is 2.24. The fraction of sp³-hybridized carbons (Fsp3) is 0.304. The molecule has 1 fully saturated rings. The maximum atomic E-state index is 13.0. The van der Waals surface area contributed by atoms with Gasteiger partial charge in [-0.3, -0.25) is 14.5 Å². The van der Waals surface area contributed by atoms with Gasteiger partial charge >= 0.3 is 0 Å². The number of ketones is 1. The Morgan fingerprint density at radius 2 is 1.71 bits per heavy atom. The first-order chi connectivity index (χ1) is 13.6. The van der Waals surface area contributed by atoms with Crippen LogP contribution in [0.4, 0.5) is 5.69 Å². The van der Waals surface area contributed by atoms with Gasteiger partial charge in [-0.2, -0.15) is 0 Å². The van der Waals surface area contributed by atoms with Gasteiger partial charge in [0.15, 0.2) is 5.78 Å². The lowest BCUT2D eigenvalue weighted by Crippen LogP contribution is -2.45. The van der Waals surface area contributed by atoms with Crippen LogP contribution in [0, 0.1) is 5.92 Å². The summed E-state index contributed by atoms with van der Waals surface area (Å²) in [5.41, 5.74) is 2.55. The monoisotopic (exact) mass is 375 g/mol. The minimum absolute atomic E-state index is 0.00755. The van der Waals surface area contributed by atoms with Crippen LogP contribution in [0.1, 0.15) is 30.1 Å². The van der Waals surface area contributed by atoms with E-state index in [0.717, 1.165) is 48.1 Å². The normalized spacial score (nSPS) is 16.8. The van der Waals surface area contributed by atoms with Gasteiger partial charge in [-0.15, -0.1) is 0 Å². The second kappa shape index (κ2) is 7.98. The molecule has 5 heteroatoms. The van der Waals surface area contributed by atoms with E-state index in [2.05, 4.69) is 15.2 Å². The molecule has 5 nitrogen and oxygen atoms in total. The number of piperidine rings is 1. The summed E-state index contributed by atoms with van der Waals surface area (Å²) >= 11 is 0. The molecule has 3 aromatic rings. The molecule has 4 rings (SSSR count). The SMILES string of the molecule is C[C@H](C(=O)c1c[nH]c2ccccc12)N1CCC(C(=O)Nc2ccccc2)CC1. The maximum Gasteiger partial charge on any atom is 0.227 e. The van der Waals surface area contributed by atoms with Crippen LogP contribution in [0.2, 0.25) is 0 Å². The van der Waals surface area contributed by atoms with E-state index in [-0.39, 0.29) is 23.7 Å². The van der Waals surface area contributed by atoms with Crippen LogP contribution in [-0.2, 0) is 4.79 Å². The van der Waals surface area contributed by atoms with Crippen molar-refractivity contribution in [1.29, 1.82) is 0 Å². The standard InChI is InChI=1S/C23H25N3O2/c1-16(22(27)20-15-24-21-10-6-5-9-19(20)21)26-13-11-17(12-14-26)23(28)25-18-7-3-2-4-8-18/h2-10,15-17,24H,11-14H2,1H3,(H,25,28)/t16-/m1/s1. The van der Waals surface area contributed by atoms with Crippen molar-refractivity contribution in [2.45, 2.75) is 25.8 Å². The fourth-order valence-corrected chi connectivity index (χ4v) is 3.98. The van der Waals surface area contributed by atoms with E-state index in [1.807, 2.05) is 67.7 Å². The van der Waals surface area contributed by atoms with Gasteiger partial charge in [0.1, 0.15) is 0 Å². The summed E-state index contributed by atoms with van der Waals surface area (Å²) in [6.07, 6.45) is 3.35. The van der Waals surface area contributed by atoms with Gasteiger partial charge in [0.05, 0.1) is 6.04 Å². The topological polar surface area (TPSA) is 65.2 Å². The average molecular weight is 375 g/mol. The fourth-order valence-electron chi connectivity index (χ4n) is 3.98. The van der Waals surface area contributed by atoms with E-state index in [4.69, 9.17) is 0 Å². The molecule has 2 N–H and O–H groups in total. The molecule has 0 bridgehead atoms. The second-order valence-electron chi connectivity index (χ2n) is 7.45. The number of aromatic nitrogens is 1. The first-order valence-electron chi connectivity index (χ1n) is 9.84. The minimum Gasteiger partial charge on any atom is -0.360 e. The van der Waals surface area contributed by atoms with Crippen LogP contribution < -0.4 is 5.32 Å². The molecule has 1 saturated heterocycles. The molecule has 0 unspecified atom stereocenters. The van der Waals surface area contributed by atoms with Crippen molar-refractivity contribution < 1.29 is 9.59 Å². The molecule has 1 aromatic heterocycles. The molecule has 2 aromatic carbocycles. The lowest BCUT2D eigenvalue weighted by Gasteiger charge is -2.34. The third-order valence-corrected chi connectivity index (χ3v) is 5.72. The molecule has 0 radical (unpaired) electrons. The maximum absolute atomic E-state index is 13.0. The second-order valence-corrected chi connectivity index (χ2v) is 7.45. The van der Waals surface area contributed by atoms with Crippen molar-refractivity contribution in [3.63, 3.8) is 0 Å². The number of anilines is 1. The van der Waals surface area contributed by atoms with E-state index < -0.39 is 0 Å². The summed E-state index contributed by atoms with van der Waals surface area (Å²) < 4.78 is 0. The predicted octanol–water partition coefficient (Wildman–Crippen LogP) is 4.09. The van der Waals surface area contributed by atoms with E-state index in [1.54, 1.807) is 0 Å². The van der Waals surface area contributed by atoms with Crippen molar-refractivity contribution in [1.82, 2.24) is 9.88 Å². The summed E-state index contributed by atoms with van der Waals surface area (Å²) in [4.78, 5) is 30.9. The number of amides is 1. The van der Waals surface area contributed by atoms with E-state index in [0.29, 0.717) is 0 Å². The van der Waals surface area contributed by atoms with Crippen molar-refractivity contribution in [2.75, 3.05) is 18.4 Å². The summed E-state index contributed by atoms with van der Waals surface area (Å²) in [5, 5.41) is 3.96. The number of hydrogen-bond acceptors (Lipinski definition) is 3. The van der Waals surface area contributed by atoms with Crippen LogP contribution in [0.15, 0.2) is 60.8 Å². The van der Waals surface area contributed by atoms with Gasteiger partial charge in [-0.1, -0.05) is 36.4 Å². The summed E-state index contributed by atoms with van der Waals surface area (Å²) in [5.74, 6) is 0.193.